The van der Waals surface area contributed by atoms with Gasteiger partial charge < -0.3 is 30.2 Å². The van der Waals surface area contributed by atoms with E-state index in [0.29, 0.717) is 35.5 Å². The van der Waals surface area contributed by atoms with Gasteiger partial charge in [0.15, 0.2) is 0 Å². The van der Waals surface area contributed by atoms with Crippen LogP contribution in [0.4, 0.5) is 17.3 Å². The Morgan fingerprint density at radius 3 is 2.83 bits per heavy atom. The maximum Gasteiger partial charge on any atom is 0.242 e. The molecule has 188 valence electrons. The van der Waals surface area contributed by atoms with Gasteiger partial charge in [-0.2, -0.15) is 0 Å². The highest BCUT2D eigenvalue weighted by molar-refractivity contribution is 6.32. The number of methoxy groups -OCH3 is 1. The molecule has 0 unspecified atom stereocenters. The molecular weight excluding hydrogens is 478 g/mol. The van der Waals surface area contributed by atoms with E-state index >= 15 is 0 Å². The molecule has 3 N–H and O–H groups in total. The van der Waals surface area contributed by atoms with Crippen molar-refractivity contribution in [2.75, 3.05) is 55.4 Å². The fourth-order valence-electron chi connectivity index (χ4n) is 5.17. The first-order valence-electron chi connectivity index (χ1n) is 11.9. The van der Waals surface area contributed by atoms with Crippen molar-refractivity contribution >= 4 is 40.4 Å². The number of anilines is 3. The van der Waals surface area contributed by atoms with Gasteiger partial charge in [-0.05, 0) is 43.7 Å². The van der Waals surface area contributed by atoms with E-state index < -0.39 is 0 Å². The van der Waals surface area contributed by atoms with E-state index in [1.165, 1.54) is 6.33 Å². The van der Waals surface area contributed by atoms with Crippen molar-refractivity contribution in [3.8, 4) is 5.75 Å². The van der Waals surface area contributed by atoms with E-state index in [2.05, 4.69) is 33.7 Å². The Morgan fingerprint density at radius 2 is 2.11 bits per heavy atom. The number of aromatic amines is 1. The van der Waals surface area contributed by atoms with Crippen molar-refractivity contribution in [2.24, 2.45) is 0 Å². The number of amides is 1. The number of benzene rings is 1. The zero-order valence-corrected chi connectivity index (χ0v) is 21.4. The van der Waals surface area contributed by atoms with Crippen LogP contribution in [0.25, 0.3) is 5.57 Å². The van der Waals surface area contributed by atoms with Gasteiger partial charge in [0.05, 0.1) is 24.2 Å². The number of carbonyl (C=O) groups is 1. The van der Waals surface area contributed by atoms with Gasteiger partial charge in [-0.1, -0.05) is 11.6 Å². The smallest absolute Gasteiger partial charge is 0.242 e. The number of nitrogens with zero attached hydrogens (tertiary/aromatic N) is 5. The lowest BCUT2D eigenvalue weighted by Crippen LogP contribution is -2.56. The zero-order valence-electron chi connectivity index (χ0n) is 20.7. The first-order chi connectivity index (χ1) is 17.4. The van der Waals surface area contributed by atoms with Gasteiger partial charge in [-0.15, -0.1) is 0 Å². The summed E-state index contributed by atoms with van der Waals surface area (Å²) < 4.78 is 5.37. The lowest BCUT2D eigenvalue weighted by Gasteiger charge is -2.42. The van der Waals surface area contributed by atoms with E-state index in [0.717, 1.165) is 41.2 Å². The zero-order chi connectivity index (χ0) is 25.4. The Morgan fingerprint density at radius 1 is 1.28 bits per heavy atom. The summed E-state index contributed by atoms with van der Waals surface area (Å²) in [4.78, 5) is 31.7. The third-order valence-electron chi connectivity index (χ3n) is 6.90. The molecule has 9 nitrogen and oxygen atoms in total. The quantitative estimate of drug-likeness (QED) is 0.545. The number of H-pyrrole nitrogens is 1. The molecule has 2 aliphatic rings. The average molecular weight is 508 g/mol. The van der Waals surface area contributed by atoms with Gasteiger partial charge in [-0.3, -0.25) is 4.79 Å². The van der Waals surface area contributed by atoms with Crippen LogP contribution >= 0.6 is 11.6 Å². The maximum absolute atomic E-state index is 13.5. The van der Waals surface area contributed by atoms with Crippen molar-refractivity contribution < 1.29 is 9.53 Å². The number of halogens is 1. The monoisotopic (exact) mass is 507 g/mol. The molecule has 1 aromatic carbocycles. The van der Waals surface area contributed by atoms with Crippen LogP contribution in [0.15, 0.2) is 48.4 Å². The van der Waals surface area contributed by atoms with Crippen molar-refractivity contribution in [1.82, 2.24) is 19.9 Å². The lowest BCUT2D eigenvalue weighted by atomic mass is 9.94. The van der Waals surface area contributed by atoms with Crippen LogP contribution < -0.4 is 20.3 Å². The number of hydrogen-bond acceptors (Lipinski definition) is 7. The summed E-state index contributed by atoms with van der Waals surface area (Å²) in [6.07, 6.45) is 3.34. The van der Waals surface area contributed by atoms with Gasteiger partial charge in [-0.25, -0.2) is 9.97 Å². The molecule has 10 heteroatoms. The summed E-state index contributed by atoms with van der Waals surface area (Å²) >= 11 is 6.19. The fraction of sp³-hybridized carbons (Fsp3) is 0.346. The van der Waals surface area contributed by atoms with Gasteiger partial charge in [0.25, 0.3) is 0 Å². The van der Waals surface area contributed by atoms with Crippen LogP contribution in [0.3, 0.4) is 0 Å². The molecule has 36 heavy (non-hydrogen) atoms. The minimum Gasteiger partial charge on any atom is -0.495 e. The average Bonchev–Trinajstić information content (AvgIpc) is 3.39. The highest BCUT2D eigenvalue weighted by Crippen LogP contribution is 2.39. The molecule has 1 atom stereocenters. The standard InChI is InChI=1S/C26H30ClN7O2/c1-16-12-33(26-24(25(28)30-15-31-26)23(16)20-5-4-8-29-20)14-22(35)34-10-9-32(13-17(34)2)18-6-7-19(27)21(11-18)36-3/h4-8,11,15,17,29H,9-10,12-14H2,1-3H3,(H2,28,30,31)/t17-/m0/s1. The summed E-state index contributed by atoms with van der Waals surface area (Å²) in [6, 6.07) is 9.77. The molecule has 0 spiro atoms. The topological polar surface area (TPSA) is 104 Å². The number of nitrogen functional groups attached to an aromatic ring is 1. The van der Waals surface area contributed by atoms with E-state index in [1.807, 2.05) is 46.3 Å². The van der Waals surface area contributed by atoms with Crippen LogP contribution in [0, 0.1) is 0 Å². The summed E-state index contributed by atoms with van der Waals surface area (Å²) in [6.45, 7) is 7.02. The molecule has 0 radical (unpaired) electrons. The molecule has 1 fully saturated rings. The maximum atomic E-state index is 13.5. The predicted octanol–water partition coefficient (Wildman–Crippen LogP) is 3.43. The Balaban J connectivity index is 1.33. The van der Waals surface area contributed by atoms with Crippen molar-refractivity contribution in [1.29, 1.82) is 0 Å². The van der Waals surface area contributed by atoms with Gasteiger partial charge >= 0.3 is 0 Å². The van der Waals surface area contributed by atoms with Crippen LogP contribution in [0.2, 0.25) is 5.02 Å². The van der Waals surface area contributed by atoms with Gasteiger partial charge in [0, 0.05) is 61.4 Å². The number of aromatic nitrogens is 3. The Hall–Kier alpha value is -3.72. The van der Waals surface area contributed by atoms with Crippen molar-refractivity contribution in [3.05, 3.63) is 64.7 Å². The SMILES string of the molecule is COc1cc(N2CCN(C(=O)CN3CC(C)=C(c4ccc[nH]4)c4c(N)ncnc43)[C@@H](C)C2)ccc1Cl. The van der Waals surface area contributed by atoms with E-state index in [1.54, 1.807) is 7.11 Å². The Kier molecular flexibility index (Phi) is 6.49. The van der Waals surface area contributed by atoms with Crippen LogP contribution in [0.1, 0.15) is 25.1 Å². The second-order valence-electron chi connectivity index (χ2n) is 9.25. The van der Waals surface area contributed by atoms with E-state index in [9.17, 15) is 4.79 Å². The molecule has 1 amide bonds. The third-order valence-corrected chi connectivity index (χ3v) is 7.21. The minimum atomic E-state index is 0.0405. The van der Waals surface area contributed by atoms with Crippen LogP contribution in [-0.2, 0) is 4.79 Å². The number of carbonyl (C=O) groups excluding carboxylic acids is 1. The third kappa shape index (κ3) is 4.35. The van der Waals surface area contributed by atoms with Gasteiger partial charge in [0.1, 0.15) is 23.7 Å². The number of ether oxygens (including phenoxy) is 1. The molecule has 5 rings (SSSR count). The number of hydrogen-bond donors (Lipinski definition) is 2. The second kappa shape index (κ2) is 9.73. The number of nitrogens with two attached hydrogens (primary N) is 1. The normalized spacial score (nSPS) is 17.9. The summed E-state index contributed by atoms with van der Waals surface area (Å²) in [5, 5.41) is 0.582. The molecule has 1 saturated heterocycles. The molecule has 2 aromatic heterocycles. The number of rotatable bonds is 5. The van der Waals surface area contributed by atoms with E-state index in [-0.39, 0.29) is 18.5 Å². The Labute approximate surface area is 215 Å². The molecule has 4 heterocycles. The molecule has 0 aliphatic carbocycles. The van der Waals surface area contributed by atoms with E-state index in [4.69, 9.17) is 22.1 Å². The lowest BCUT2D eigenvalue weighted by molar-refractivity contribution is -0.132. The summed E-state index contributed by atoms with van der Waals surface area (Å²) in [7, 11) is 1.61. The van der Waals surface area contributed by atoms with Crippen LogP contribution in [0.5, 0.6) is 5.75 Å². The predicted molar refractivity (Wildman–Crippen MR) is 143 cm³/mol. The number of nitrogens with one attached hydrogen (secondary N) is 1. The van der Waals surface area contributed by atoms with Crippen LogP contribution in [-0.4, -0.2) is 71.6 Å². The van der Waals surface area contributed by atoms with Crippen molar-refractivity contribution in [3.63, 3.8) is 0 Å². The number of piperazine rings is 1. The highest BCUT2D eigenvalue weighted by atomic mass is 35.5. The molecular formula is C26H30ClN7O2. The summed E-state index contributed by atoms with van der Waals surface area (Å²) in [5.74, 6) is 1.80. The molecule has 0 saturated carbocycles. The highest BCUT2D eigenvalue weighted by Gasteiger charge is 2.33. The fourth-order valence-corrected chi connectivity index (χ4v) is 5.36. The largest absolute Gasteiger partial charge is 0.495 e. The molecule has 2 aliphatic heterocycles. The number of fused-ring (bicyclic) bond motifs is 1. The second-order valence-corrected chi connectivity index (χ2v) is 9.66. The summed E-state index contributed by atoms with van der Waals surface area (Å²) in [5.41, 5.74) is 11.2. The molecule has 3 aromatic rings. The van der Waals surface area contributed by atoms with Gasteiger partial charge in [0.2, 0.25) is 5.91 Å². The minimum absolute atomic E-state index is 0.0405. The molecule has 0 bridgehead atoms. The first-order valence-corrected chi connectivity index (χ1v) is 12.3. The Bertz CT molecular complexity index is 1310. The first kappa shape index (κ1) is 24.0. The van der Waals surface area contributed by atoms with Crippen molar-refractivity contribution in [2.45, 2.75) is 19.9 Å².